The van der Waals surface area contributed by atoms with Crippen LogP contribution in [0.25, 0.3) is 22.2 Å². The van der Waals surface area contributed by atoms with Gasteiger partial charge in [0.15, 0.2) is 9.84 Å². The summed E-state index contributed by atoms with van der Waals surface area (Å²) in [6, 6.07) is 9.67. The third-order valence-corrected chi connectivity index (χ3v) is 9.49. The van der Waals surface area contributed by atoms with E-state index in [2.05, 4.69) is 25.1 Å². The van der Waals surface area contributed by atoms with E-state index in [9.17, 15) is 8.42 Å². The van der Waals surface area contributed by atoms with E-state index >= 15 is 0 Å². The fraction of sp³-hybridized carbons (Fsp3) is 0.320. The second-order valence-electron chi connectivity index (χ2n) is 9.66. The highest BCUT2D eigenvalue weighted by molar-refractivity contribution is 7.91. The molecule has 2 fully saturated rings. The van der Waals surface area contributed by atoms with Crippen LogP contribution in [0.5, 0.6) is 5.75 Å². The van der Waals surface area contributed by atoms with Crippen LogP contribution in [0.2, 0.25) is 10.0 Å². The molecule has 2 aliphatic rings. The van der Waals surface area contributed by atoms with Gasteiger partial charge >= 0.3 is 0 Å². The Morgan fingerprint density at radius 1 is 1.11 bits per heavy atom. The Hall–Kier alpha value is -2.88. The quantitative estimate of drug-likeness (QED) is 0.374. The molecule has 8 nitrogen and oxygen atoms in total. The Balaban J connectivity index is 1.21. The number of H-pyrrole nitrogens is 1. The molecule has 0 radical (unpaired) electrons. The van der Waals surface area contributed by atoms with E-state index in [4.69, 9.17) is 27.9 Å². The lowest BCUT2D eigenvalue weighted by molar-refractivity contribution is 0.227. The zero-order valence-electron chi connectivity index (χ0n) is 19.4. The lowest BCUT2D eigenvalue weighted by atomic mass is 9.79. The van der Waals surface area contributed by atoms with Crippen molar-refractivity contribution in [2.45, 2.75) is 19.4 Å². The maximum atomic E-state index is 11.9. The molecule has 1 spiro atoms. The van der Waals surface area contributed by atoms with Crippen molar-refractivity contribution in [2.24, 2.45) is 5.41 Å². The van der Waals surface area contributed by atoms with Crippen LogP contribution in [0.1, 0.15) is 25.0 Å². The Morgan fingerprint density at radius 2 is 1.89 bits per heavy atom. The zero-order chi connectivity index (χ0) is 25.1. The summed E-state index contributed by atoms with van der Waals surface area (Å²) in [6.07, 6.45) is 5.26. The number of halogens is 2. The lowest BCUT2D eigenvalue weighted by Crippen LogP contribution is -2.57. The molecule has 0 aliphatic carbocycles. The van der Waals surface area contributed by atoms with Crippen LogP contribution in [0.4, 0.5) is 5.82 Å². The molecule has 186 valence electrons. The van der Waals surface area contributed by atoms with Crippen molar-refractivity contribution in [3.63, 3.8) is 0 Å². The number of sulfone groups is 1. The molecular weight excluding hydrogens is 521 g/mol. The molecule has 5 heterocycles. The molecule has 0 amide bonds. The number of nitrogens with one attached hydrogen (secondary N) is 1. The van der Waals surface area contributed by atoms with Crippen molar-refractivity contribution in [2.75, 3.05) is 29.5 Å². The number of nitrogens with zero attached hydrogens (tertiary/aromatic N) is 4. The first-order valence-corrected chi connectivity index (χ1v) is 14.2. The zero-order valence-corrected chi connectivity index (χ0v) is 21.7. The molecule has 1 aromatic carbocycles. The number of hydrogen-bond acceptors (Lipinski definition) is 7. The average Bonchev–Trinajstić information content (AvgIpc) is 3.38. The van der Waals surface area contributed by atoms with Crippen LogP contribution in [0.15, 0.2) is 48.9 Å². The van der Waals surface area contributed by atoms with Crippen LogP contribution in [0, 0.1) is 5.41 Å². The Morgan fingerprint density at radius 3 is 2.56 bits per heavy atom. The van der Waals surface area contributed by atoms with Gasteiger partial charge in [-0.05, 0) is 43.7 Å². The number of ether oxygens (including phenoxy) is 1. The first kappa shape index (κ1) is 23.5. The third-order valence-electron chi connectivity index (χ3n) is 7.01. The standard InChI is InChI=1S/C25H23Cl2N5O3S/c1-15(23-19(26)10-28-11-20(23)27)35-17-3-4-21-18(8-17)24(31-30-21)16-2-5-22(29-9-16)32-12-25(13-32)6-7-36(33,34)14-25/h2-5,8-11,15H,6-7,12-14H2,1H3,(H,30,31)/t15-/m1/s1. The van der Waals surface area contributed by atoms with Crippen molar-refractivity contribution < 1.29 is 13.2 Å². The van der Waals surface area contributed by atoms with Gasteiger partial charge in [-0.2, -0.15) is 5.10 Å². The van der Waals surface area contributed by atoms with Crippen molar-refractivity contribution in [1.82, 2.24) is 20.2 Å². The van der Waals surface area contributed by atoms with E-state index in [-0.39, 0.29) is 17.3 Å². The van der Waals surface area contributed by atoms with E-state index in [1.54, 1.807) is 18.6 Å². The second kappa shape index (κ2) is 8.61. The van der Waals surface area contributed by atoms with E-state index < -0.39 is 9.84 Å². The minimum atomic E-state index is -2.89. The van der Waals surface area contributed by atoms with Gasteiger partial charge in [-0.3, -0.25) is 10.1 Å². The highest BCUT2D eigenvalue weighted by atomic mass is 35.5. The number of hydrogen-bond donors (Lipinski definition) is 1. The monoisotopic (exact) mass is 543 g/mol. The molecule has 1 atom stereocenters. The molecule has 3 aromatic heterocycles. The number of aromatic amines is 1. The molecule has 2 saturated heterocycles. The molecule has 0 saturated carbocycles. The summed E-state index contributed by atoms with van der Waals surface area (Å²) < 4.78 is 29.9. The maximum absolute atomic E-state index is 11.9. The van der Waals surface area contributed by atoms with Crippen LogP contribution in [-0.2, 0) is 9.84 Å². The first-order chi connectivity index (χ1) is 17.2. The summed E-state index contributed by atoms with van der Waals surface area (Å²) in [6.45, 7) is 3.35. The number of rotatable bonds is 5. The van der Waals surface area contributed by atoms with Crippen LogP contribution in [-0.4, -0.2) is 53.2 Å². The topological polar surface area (TPSA) is 101 Å². The third kappa shape index (κ3) is 4.19. The molecule has 2 aliphatic heterocycles. The highest BCUT2D eigenvalue weighted by Crippen LogP contribution is 2.42. The van der Waals surface area contributed by atoms with Crippen LogP contribution >= 0.6 is 23.2 Å². The Kier molecular flexibility index (Phi) is 5.62. The molecule has 0 bridgehead atoms. The molecular formula is C25H23Cl2N5O3S. The van der Waals surface area contributed by atoms with Gasteiger partial charge in [-0.1, -0.05) is 23.2 Å². The van der Waals surface area contributed by atoms with Gasteiger partial charge in [-0.25, -0.2) is 13.4 Å². The Labute approximate surface area is 218 Å². The SMILES string of the molecule is C[C@@H](Oc1ccc2[nH]nc(-c3ccc(N4CC5(CCS(=O)(=O)C5)C4)nc3)c2c1)c1c(Cl)cncc1Cl. The fourth-order valence-corrected chi connectivity index (χ4v) is 8.05. The normalized spacial score (nSPS) is 18.9. The smallest absolute Gasteiger partial charge is 0.151 e. The molecule has 36 heavy (non-hydrogen) atoms. The Bertz CT molecular complexity index is 1550. The van der Waals surface area contributed by atoms with Gasteiger partial charge in [0.1, 0.15) is 23.4 Å². The summed E-state index contributed by atoms with van der Waals surface area (Å²) in [4.78, 5) is 10.8. The van der Waals surface area contributed by atoms with Gasteiger partial charge in [-0.15, -0.1) is 0 Å². The van der Waals surface area contributed by atoms with Gasteiger partial charge in [0.05, 0.1) is 27.1 Å². The maximum Gasteiger partial charge on any atom is 0.151 e. The van der Waals surface area contributed by atoms with Gasteiger partial charge in [0.2, 0.25) is 0 Å². The molecule has 4 aromatic rings. The molecule has 0 unspecified atom stereocenters. The van der Waals surface area contributed by atoms with Crippen molar-refractivity contribution in [3.05, 3.63) is 64.5 Å². The summed E-state index contributed by atoms with van der Waals surface area (Å²) in [5.74, 6) is 2.09. The van der Waals surface area contributed by atoms with E-state index in [0.29, 0.717) is 27.1 Å². The summed E-state index contributed by atoms with van der Waals surface area (Å²) in [5.41, 5.74) is 3.10. The number of benzene rings is 1. The lowest BCUT2D eigenvalue weighted by Gasteiger charge is -2.48. The number of pyridine rings is 2. The predicted octanol–water partition coefficient (Wildman–Crippen LogP) is 5.09. The van der Waals surface area contributed by atoms with E-state index in [1.807, 2.05) is 37.3 Å². The molecule has 6 rings (SSSR count). The van der Waals surface area contributed by atoms with Crippen molar-refractivity contribution in [3.8, 4) is 17.0 Å². The number of anilines is 1. The van der Waals surface area contributed by atoms with Crippen LogP contribution in [0.3, 0.4) is 0 Å². The van der Waals surface area contributed by atoms with Crippen molar-refractivity contribution in [1.29, 1.82) is 0 Å². The van der Waals surface area contributed by atoms with Gasteiger partial charge in [0, 0.05) is 53.6 Å². The highest BCUT2D eigenvalue weighted by Gasteiger charge is 2.50. The predicted molar refractivity (Wildman–Crippen MR) is 141 cm³/mol. The largest absolute Gasteiger partial charge is 0.486 e. The minimum absolute atomic E-state index is 0.101. The summed E-state index contributed by atoms with van der Waals surface area (Å²) in [5, 5.41) is 9.38. The average molecular weight is 544 g/mol. The fourth-order valence-electron chi connectivity index (χ4n) is 5.23. The van der Waals surface area contributed by atoms with Gasteiger partial charge < -0.3 is 9.64 Å². The van der Waals surface area contributed by atoms with E-state index in [1.165, 1.54) is 0 Å². The summed E-state index contributed by atoms with van der Waals surface area (Å²) >= 11 is 12.6. The van der Waals surface area contributed by atoms with E-state index in [0.717, 1.165) is 47.5 Å². The molecule has 11 heteroatoms. The molecule has 1 N–H and O–H groups in total. The number of aromatic nitrogens is 4. The summed E-state index contributed by atoms with van der Waals surface area (Å²) in [7, 11) is -2.89. The second-order valence-corrected chi connectivity index (χ2v) is 12.7. The first-order valence-electron chi connectivity index (χ1n) is 11.6. The van der Waals surface area contributed by atoms with Gasteiger partial charge in [0.25, 0.3) is 0 Å². The minimum Gasteiger partial charge on any atom is -0.486 e. The number of fused-ring (bicyclic) bond motifs is 1. The van der Waals surface area contributed by atoms with Crippen LogP contribution < -0.4 is 9.64 Å². The van der Waals surface area contributed by atoms with Crippen molar-refractivity contribution >= 4 is 49.8 Å².